The van der Waals surface area contributed by atoms with Gasteiger partial charge in [0.25, 0.3) is 0 Å². The van der Waals surface area contributed by atoms with Crippen molar-refractivity contribution in [2.45, 2.75) is 32.0 Å². The molecule has 100 valence electrons. The summed E-state index contributed by atoms with van der Waals surface area (Å²) in [5.41, 5.74) is 0. The number of fused-ring (bicyclic) bond motifs is 1. The van der Waals surface area contributed by atoms with Gasteiger partial charge in [0.2, 0.25) is 0 Å². The third-order valence-corrected chi connectivity index (χ3v) is 2.98. The highest BCUT2D eigenvalue weighted by atomic mass is 16.5. The fourth-order valence-electron chi connectivity index (χ4n) is 2.11. The van der Waals surface area contributed by atoms with E-state index in [4.69, 9.17) is 4.74 Å². The lowest BCUT2D eigenvalue weighted by atomic mass is 10.1. The molecular weight excluding hydrogens is 232 g/mol. The molecule has 0 aromatic carbocycles. The van der Waals surface area contributed by atoms with Gasteiger partial charge >= 0.3 is 0 Å². The van der Waals surface area contributed by atoms with Crippen LogP contribution in [-0.2, 0) is 24.3 Å². The molecule has 1 atom stereocenters. The van der Waals surface area contributed by atoms with Crippen LogP contribution in [0.4, 0.5) is 0 Å². The predicted molar refractivity (Wildman–Crippen MR) is 68.4 cm³/mol. The molecule has 0 amide bonds. The first-order valence-corrected chi connectivity index (χ1v) is 6.09. The summed E-state index contributed by atoms with van der Waals surface area (Å²) in [6, 6.07) is 0.334. The zero-order chi connectivity index (χ0) is 13.0. The highest BCUT2D eigenvalue weighted by Gasteiger charge is 2.21. The largest absolute Gasteiger partial charge is 0.377 e. The average molecular weight is 252 g/mol. The fourth-order valence-corrected chi connectivity index (χ4v) is 2.11. The molecule has 1 aliphatic rings. The van der Waals surface area contributed by atoms with E-state index in [1.807, 2.05) is 11.7 Å². The summed E-state index contributed by atoms with van der Waals surface area (Å²) in [5, 5.41) is 10.8. The smallest absolute Gasteiger partial charge is 0.190 e. The lowest BCUT2D eigenvalue weighted by molar-refractivity contribution is 0.177. The number of nitrogens with zero attached hydrogens (tertiary/aromatic N) is 4. The predicted octanol–water partition coefficient (Wildman–Crippen LogP) is -0.466. The standard InChI is InChI=1S/C11H20N6O/c1-12-11(13-2)14-8-4-5-10-15-9(7-18-3)16-17(10)6-8/h8H,4-7H2,1-3H3,(H2,12,13,14). The van der Waals surface area contributed by atoms with Gasteiger partial charge in [-0.3, -0.25) is 4.99 Å². The van der Waals surface area contributed by atoms with Crippen molar-refractivity contribution in [2.75, 3.05) is 21.2 Å². The Bertz CT molecular complexity index is 427. The van der Waals surface area contributed by atoms with E-state index < -0.39 is 0 Å². The highest BCUT2D eigenvalue weighted by Crippen LogP contribution is 2.13. The Morgan fingerprint density at radius 1 is 1.61 bits per heavy atom. The Morgan fingerprint density at radius 3 is 3.11 bits per heavy atom. The molecule has 0 radical (unpaired) electrons. The van der Waals surface area contributed by atoms with Crippen LogP contribution in [0, 0.1) is 0 Å². The van der Waals surface area contributed by atoms with Gasteiger partial charge in [-0.25, -0.2) is 9.67 Å². The van der Waals surface area contributed by atoms with Crippen molar-refractivity contribution in [3.8, 4) is 0 Å². The van der Waals surface area contributed by atoms with E-state index in [9.17, 15) is 0 Å². The third kappa shape index (κ3) is 2.79. The van der Waals surface area contributed by atoms with Gasteiger partial charge in [0.15, 0.2) is 11.8 Å². The van der Waals surface area contributed by atoms with Crippen LogP contribution in [0.25, 0.3) is 0 Å². The Morgan fingerprint density at radius 2 is 2.44 bits per heavy atom. The van der Waals surface area contributed by atoms with Crippen LogP contribution in [0.1, 0.15) is 18.1 Å². The van der Waals surface area contributed by atoms with Gasteiger partial charge in [-0.1, -0.05) is 0 Å². The van der Waals surface area contributed by atoms with Crippen molar-refractivity contribution < 1.29 is 4.74 Å². The molecule has 0 saturated carbocycles. The van der Waals surface area contributed by atoms with Crippen LogP contribution in [0.5, 0.6) is 0 Å². The topological polar surface area (TPSA) is 76.4 Å². The quantitative estimate of drug-likeness (QED) is 0.562. The number of aromatic nitrogens is 3. The van der Waals surface area contributed by atoms with E-state index in [1.165, 1.54) is 0 Å². The molecule has 1 aromatic heterocycles. The van der Waals surface area contributed by atoms with Crippen LogP contribution in [0.3, 0.4) is 0 Å². The van der Waals surface area contributed by atoms with Gasteiger partial charge in [-0.15, -0.1) is 0 Å². The number of hydrogen-bond acceptors (Lipinski definition) is 4. The molecule has 0 saturated heterocycles. The number of aliphatic imine (C=N–C) groups is 1. The van der Waals surface area contributed by atoms with Crippen molar-refractivity contribution >= 4 is 5.96 Å². The number of nitrogens with one attached hydrogen (secondary N) is 2. The fraction of sp³-hybridized carbons (Fsp3) is 0.727. The molecule has 0 fully saturated rings. The SMILES string of the molecule is CN=C(NC)NC1CCc2nc(COC)nn2C1. The van der Waals surface area contributed by atoms with Crippen LogP contribution in [0.15, 0.2) is 4.99 Å². The van der Waals surface area contributed by atoms with Crippen molar-refractivity contribution in [3.63, 3.8) is 0 Å². The zero-order valence-electron chi connectivity index (χ0n) is 11.1. The third-order valence-electron chi connectivity index (χ3n) is 2.98. The summed E-state index contributed by atoms with van der Waals surface area (Å²) >= 11 is 0. The molecule has 1 aromatic rings. The first kappa shape index (κ1) is 12.8. The minimum Gasteiger partial charge on any atom is -0.377 e. The molecule has 7 nitrogen and oxygen atoms in total. The summed E-state index contributed by atoms with van der Waals surface area (Å²) in [7, 11) is 5.27. The van der Waals surface area contributed by atoms with Gasteiger partial charge in [0, 0.05) is 33.7 Å². The molecule has 7 heteroatoms. The number of ether oxygens (including phenoxy) is 1. The lowest BCUT2D eigenvalue weighted by Gasteiger charge is -2.24. The van der Waals surface area contributed by atoms with Crippen molar-refractivity contribution in [1.29, 1.82) is 0 Å². The summed E-state index contributed by atoms with van der Waals surface area (Å²) < 4.78 is 7.01. The van der Waals surface area contributed by atoms with Gasteiger partial charge in [0.05, 0.1) is 6.54 Å². The monoisotopic (exact) mass is 252 g/mol. The number of aryl methyl sites for hydroxylation is 1. The molecule has 0 bridgehead atoms. The summed E-state index contributed by atoms with van der Waals surface area (Å²) in [6.07, 6.45) is 1.96. The average Bonchev–Trinajstić information content (AvgIpc) is 2.78. The van der Waals surface area contributed by atoms with Crippen molar-refractivity contribution in [2.24, 2.45) is 4.99 Å². The maximum atomic E-state index is 5.05. The highest BCUT2D eigenvalue weighted by molar-refractivity contribution is 5.79. The molecule has 0 spiro atoms. The Hall–Kier alpha value is -1.63. The summed E-state index contributed by atoms with van der Waals surface area (Å²) in [4.78, 5) is 8.57. The number of guanidine groups is 1. The van der Waals surface area contributed by atoms with E-state index in [2.05, 4.69) is 25.7 Å². The minimum absolute atomic E-state index is 0.334. The first-order chi connectivity index (χ1) is 8.76. The minimum atomic E-state index is 0.334. The second kappa shape index (κ2) is 5.81. The zero-order valence-corrected chi connectivity index (χ0v) is 11.1. The number of rotatable bonds is 3. The second-order valence-electron chi connectivity index (χ2n) is 4.26. The second-order valence-corrected chi connectivity index (χ2v) is 4.26. The van der Waals surface area contributed by atoms with E-state index in [-0.39, 0.29) is 0 Å². The maximum Gasteiger partial charge on any atom is 0.190 e. The molecule has 18 heavy (non-hydrogen) atoms. The van der Waals surface area contributed by atoms with Gasteiger partial charge in [-0.05, 0) is 6.42 Å². The van der Waals surface area contributed by atoms with Gasteiger partial charge in [0.1, 0.15) is 12.4 Å². The molecule has 2 N–H and O–H groups in total. The van der Waals surface area contributed by atoms with E-state index in [0.717, 1.165) is 37.0 Å². The summed E-state index contributed by atoms with van der Waals surface area (Å²) in [5.74, 6) is 2.60. The van der Waals surface area contributed by atoms with Gasteiger partial charge < -0.3 is 15.4 Å². The molecule has 1 aliphatic heterocycles. The Labute approximate surface area is 107 Å². The molecule has 2 rings (SSSR count). The number of hydrogen-bond donors (Lipinski definition) is 2. The normalized spacial score (nSPS) is 19.5. The van der Waals surface area contributed by atoms with Crippen LogP contribution >= 0.6 is 0 Å². The maximum absolute atomic E-state index is 5.05. The molecule has 0 aliphatic carbocycles. The first-order valence-electron chi connectivity index (χ1n) is 6.09. The van der Waals surface area contributed by atoms with Crippen LogP contribution in [0.2, 0.25) is 0 Å². The molecule has 2 heterocycles. The Balaban J connectivity index is 2.01. The van der Waals surface area contributed by atoms with E-state index in [1.54, 1.807) is 14.2 Å². The van der Waals surface area contributed by atoms with Crippen molar-refractivity contribution in [3.05, 3.63) is 11.6 Å². The molecule has 1 unspecified atom stereocenters. The van der Waals surface area contributed by atoms with E-state index in [0.29, 0.717) is 12.6 Å². The Kier molecular flexibility index (Phi) is 4.14. The van der Waals surface area contributed by atoms with Crippen LogP contribution < -0.4 is 10.6 Å². The van der Waals surface area contributed by atoms with Crippen LogP contribution in [-0.4, -0.2) is 48.0 Å². The van der Waals surface area contributed by atoms with E-state index >= 15 is 0 Å². The van der Waals surface area contributed by atoms with Gasteiger partial charge in [-0.2, -0.15) is 5.10 Å². The van der Waals surface area contributed by atoms with Crippen molar-refractivity contribution in [1.82, 2.24) is 25.4 Å². The lowest BCUT2D eigenvalue weighted by Crippen LogP contribution is -2.46. The summed E-state index contributed by atoms with van der Waals surface area (Å²) in [6.45, 7) is 1.28. The number of methoxy groups -OCH3 is 1. The molecular formula is C11H20N6O.